The van der Waals surface area contributed by atoms with Gasteiger partial charge in [-0.25, -0.2) is 0 Å². The summed E-state index contributed by atoms with van der Waals surface area (Å²) in [5.74, 6) is 0. The van der Waals surface area contributed by atoms with E-state index in [1.54, 1.807) is 0 Å². The van der Waals surface area contributed by atoms with Crippen LogP contribution in [0.3, 0.4) is 0 Å². The van der Waals surface area contributed by atoms with Crippen molar-refractivity contribution in [2.45, 2.75) is 0 Å². The van der Waals surface area contributed by atoms with Gasteiger partial charge in [0.15, 0.2) is 15.6 Å². The first-order valence-corrected chi connectivity index (χ1v) is 9.00. The molecule has 2 N–H and O–H groups in total. The lowest BCUT2D eigenvalue weighted by Gasteiger charge is -0.936. The minimum Gasteiger partial charge on any atom is -0.412 e. The van der Waals surface area contributed by atoms with Crippen LogP contribution in [0.4, 0.5) is 0 Å². The van der Waals surface area contributed by atoms with Crippen LogP contribution in [0.15, 0.2) is 0 Å². The van der Waals surface area contributed by atoms with E-state index in [1.807, 2.05) is 0 Å². The molecule has 0 amide bonds. The smallest absolute Gasteiger partial charge is 0.316 e. The second kappa shape index (κ2) is 24.8. The van der Waals surface area contributed by atoms with E-state index in [4.69, 9.17) is 0 Å². The molecule has 4 heavy (non-hydrogen) atoms. The van der Waals surface area contributed by atoms with Crippen molar-refractivity contribution in [3.8, 4) is 0 Å². The molecule has 0 rings (SSSR count). The van der Waals surface area contributed by atoms with Crippen molar-refractivity contribution in [2.75, 3.05) is 0 Å². The quantitative estimate of drug-likeness (QED) is 0.282. The highest BCUT2D eigenvalue weighted by Gasteiger charge is 1.08. The summed E-state index contributed by atoms with van der Waals surface area (Å²) in [6, 6.07) is 0. The maximum Gasteiger partial charge on any atom is 0.316 e. The fourth-order valence-corrected chi connectivity index (χ4v) is 0. The van der Waals surface area contributed by atoms with E-state index < -0.39 is 0 Å². The molecule has 0 saturated carbocycles. The lowest BCUT2D eigenvalue weighted by molar-refractivity contribution is 0.824. The van der Waals surface area contributed by atoms with E-state index >= 15 is 0 Å². The molecule has 0 aromatic heterocycles. The van der Waals surface area contributed by atoms with Crippen LogP contribution in [-0.2, 0) is 0 Å². The van der Waals surface area contributed by atoms with E-state index in [9.17, 15) is 0 Å². The highest BCUT2D eigenvalue weighted by atomic mass is 28.7. The molecular weight excluding hydrogens is 95.4 g/mol. The van der Waals surface area contributed by atoms with Crippen LogP contribution in [0, 0.1) is 0 Å². The lowest BCUT2D eigenvalue weighted by atomic mass is 16.0. The molecule has 0 aliphatic rings. The predicted molar refractivity (Wildman–Crippen MR) is 30.6 cm³/mol. The molecular formula is H9AlMgOSi. The molecule has 0 aliphatic heterocycles. The predicted octanol–water partition coefficient (Wildman–Crippen LogP) is -3.84. The van der Waals surface area contributed by atoms with Crippen molar-refractivity contribution in [3.63, 3.8) is 0 Å². The summed E-state index contributed by atoms with van der Waals surface area (Å²) in [6.07, 6.45) is 0. The van der Waals surface area contributed by atoms with Crippen LogP contribution in [0.2, 0.25) is 0 Å². The summed E-state index contributed by atoms with van der Waals surface area (Å²) in [6.45, 7) is 0. The van der Waals surface area contributed by atoms with E-state index in [0.29, 0.717) is 0 Å². The normalized spacial score (nSPS) is 2.00. The first kappa shape index (κ1) is 17.9. The van der Waals surface area contributed by atoms with Crippen molar-refractivity contribution in [3.05, 3.63) is 0 Å². The third-order valence-corrected chi connectivity index (χ3v) is 0. The van der Waals surface area contributed by atoms with E-state index in [-0.39, 0.29) is 28.5 Å². The van der Waals surface area contributed by atoms with E-state index in [0.717, 1.165) is 0 Å². The van der Waals surface area contributed by atoms with Crippen LogP contribution < -0.4 is 0 Å². The summed E-state index contributed by atoms with van der Waals surface area (Å²) in [7, 11) is 1.44. The van der Waals surface area contributed by atoms with Crippen LogP contribution in [0.5, 0.6) is 0 Å². The van der Waals surface area contributed by atoms with Crippen molar-refractivity contribution >= 4 is 47.5 Å². The molecule has 0 spiro atoms. The van der Waals surface area contributed by atoms with Crippen LogP contribution in [0.1, 0.15) is 0 Å². The Morgan fingerprint density at radius 2 is 1.25 bits per heavy atom. The van der Waals surface area contributed by atoms with Gasteiger partial charge in [-0.3, -0.25) is 0 Å². The third kappa shape index (κ3) is 9.78. The van der Waals surface area contributed by atoms with Gasteiger partial charge in [-0.1, -0.05) is 8.80 Å². The Bertz CT molecular complexity index is 8.00. The zero-order chi connectivity index (χ0) is 2.00. The summed E-state index contributed by atoms with van der Waals surface area (Å²) in [4.78, 5) is 0. The summed E-state index contributed by atoms with van der Waals surface area (Å²) < 4.78 is 0. The minimum atomic E-state index is 0. The Morgan fingerprint density at radius 1 is 1.25 bits per heavy atom. The SMILES string of the molecule is O.[AlH2][SiH3].[MgH2]. The molecule has 24 valence electrons. The van der Waals surface area contributed by atoms with Gasteiger partial charge in [-0.2, -0.15) is 0 Å². The van der Waals surface area contributed by atoms with Gasteiger partial charge in [-0.05, 0) is 0 Å². The molecule has 0 saturated heterocycles. The van der Waals surface area contributed by atoms with Crippen LogP contribution >= 0.6 is 0 Å². The van der Waals surface area contributed by atoms with Crippen molar-refractivity contribution in [1.29, 1.82) is 0 Å². The molecule has 1 nitrogen and oxygen atoms in total. The zero-order valence-corrected chi connectivity index (χ0v) is 6.50. The fraction of sp³-hybridized carbons (Fsp3) is 0. The largest absolute Gasteiger partial charge is 0.412 e. The van der Waals surface area contributed by atoms with Gasteiger partial charge in [0.1, 0.15) is 0 Å². The minimum absolute atomic E-state index is 0. The molecule has 0 bridgehead atoms. The standard InChI is InChI=1S/Al.Mg.H2O.H3Si.4H/h;;1H2;1H3;;;;. The Morgan fingerprint density at radius 3 is 1.25 bits per heavy atom. The lowest BCUT2D eigenvalue weighted by Crippen LogP contribution is -1.38. The highest BCUT2D eigenvalue weighted by Crippen LogP contribution is 0.619. The first-order valence-electron chi connectivity index (χ1n) is 1.00. The van der Waals surface area contributed by atoms with Crippen molar-refractivity contribution in [1.82, 2.24) is 0 Å². The summed E-state index contributed by atoms with van der Waals surface area (Å²) in [5.41, 5.74) is 0. The molecule has 4 heteroatoms. The average molecular weight is 104 g/mol. The van der Waals surface area contributed by atoms with Gasteiger partial charge in [0.2, 0.25) is 0 Å². The molecule has 0 unspecified atom stereocenters. The van der Waals surface area contributed by atoms with Gasteiger partial charge in [0.05, 0.1) is 0 Å². The van der Waals surface area contributed by atoms with E-state index in [1.165, 1.54) is 24.4 Å². The summed E-state index contributed by atoms with van der Waals surface area (Å²) >= 11 is 1.44. The maximum atomic E-state index is 1.44. The number of hydrogen-bond acceptors (Lipinski definition) is 0. The maximum absolute atomic E-state index is 1.44. The average Bonchev–Trinajstić information content (AvgIpc) is 1.00. The zero-order valence-electron chi connectivity index (χ0n) is 2.50. The van der Waals surface area contributed by atoms with Gasteiger partial charge in [-0.15, -0.1) is 0 Å². The molecule has 0 heterocycles. The van der Waals surface area contributed by atoms with Crippen LogP contribution in [0.25, 0.3) is 0 Å². The van der Waals surface area contributed by atoms with Gasteiger partial charge in [0, 0.05) is 0 Å². The second-order valence-electron chi connectivity index (χ2n) is 0. The highest BCUT2D eigenvalue weighted by molar-refractivity contribution is 6.75. The molecule has 0 radical (unpaired) electrons. The Labute approximate surface area is 52.9 Å². The topological polar surface area (TPSA) is 31.5 Å². The molecule has 0 aliphatic carbocycles. The molecule has 0 atom stereocenters. The molecule has 0 fully saturated rings. The van der Waals surface area contributed by atoms with E-state index in [2.05, 4.69) is 0 Å². The second-order valence-corrected chi connectivity index (χ2v) is 0. The fourth-order valence-electron chi connectivity index (χ4n) is 0. The monoisotopic (exact) mass is 104 g/mol. The Balaban J connectivity index is -0.00000000500. The van der Waals surface area contributed by atoms with Gasteiger partial charge in [0.25, 0.3) is 0 Å². The number of rotatable bonds is 0. The third-order valence-electron chi connectivity index (χ3n) is 0. The van der Waals surface area contributed by atoms with Crippen molar-refractivity contribution in [2.24, 2.45) is 0 Å². The molecule has 0 aromatic rings. The Kier molecular flexibility index (Phi) is 111. The van der Waals surface area contributed by atoms with Crippen LogP contribution in [-0.4, -0.2) is 53.0 Å². The van der Waals surface area contributed by atoms with Gasteiger partial charge >= 0.3 is 23.1 Å². The Hall–Kier alpha value is 1.48. The molecule has 0 aromatic carbocycles. The summed E-state index contributed by atoms with van der Waals surface area (Å²) in [5, 5.41) is 0. The number of hydrogen-bond donors (Lipinski definition) is 0. The van der Waals surface area contributed by atoms with Gasteiger partial charge < -0.3 is 5.48 Å². The van der Waals surface area contributed by atoms with Crippen molar-refractivity contribution < 1.29 is 5.48 Å². The first-order chi connectivity index (χ1) is 1.00.